The first kappa shape index (κ1) is 24.1. The van der Waals surface area contributed by atoms with Crippen molar-refractivity contribution in [1.29, 1.82) is 5.26 Å². The van der Waals surface area contributed by atoms with Crippen LogP contribution in [0, 0.1) is 11.3 Å². The Kier molecular flexibility index (Phi) is 6.37. The van der Waals surface area contributed by atoms with Crippen molar-refractivity contribution in [2.75, 3.05) is 32.2 Å². The zero-order chi connectivity index (χ0) is 24.7. The van der Waals surface area contributed by atoms with Gasteiger partial charge in [0.15, 0.2) is 6.10 Å². The van der Waals surface area contributed by atoms with Crippen molar-refractivity contribution in [3.05, 3.63) is 24.2 Å². The smallest absolute Gasteiger partial charge is 0.257 e. The minimum Gasteiger partial charge on any atom is -0.466 e. The monoisotopic (exact) mass is 463 g/mol. The molecule has 2 N–H and O–H groups in total. The lowest BCUT2D eigenvalue weighted by molar-refractivity contribution is -0.0175. The van der Waals surface area contributed by atoms with Crippen LogP contribution in [-0.2, 0) is 14.7 Å². The van der Waals surface area contributed by atoms with E-state index in [1.54, 1.807) is 31.0 Å². The van der Waals surface area contributed by atoms with E-state index in [1.165, 1.54) is 0 Å². The van der Waals surface area contributed by atoms with Crippen LogP contribution in [0.4, 0.5) is 11.6 Å². The van der Waals surface area contributed by atoms with Gasteiger partial charge < -0.3 is 29.2 Å². The van der Waals surface area contributed by atoms with Gasteiger partial charge in [-0.2, -0.15) is 10.2 Å². The van der Waals surface area contributed by atoms with Crippen LogP contribution < -0.4 is 10.1 Å². The van der Waals surface area contributed by atoms with E-state index < -0.39 is 11.7 Å². The first-order valence-electron chi connectivity index (χ1n) is 11.1. The number of nitrogens with zero attached hydrogens (tertiary/aromatic N) is 6. The minimum absolute atomic E-state index is 0.0907. The quantitative estimate of drug-likeness (QED) is 0.381. The van der Waals surface area contributed by atoms with E-state index in [0.29, 0.717) is 35.5 Å². The lowest BCUT2D eigenvalue weighted by atomic mass is 9.49. The van der Waals surface area contributed by atoms with E-state index >= 15 is 0 Å². The van der Waals surface area contributed by atoms with Gasteiger partial charge in [0.1, 0.15) is 52.2 Å². The largest absolute Gasteiger partial charge is 0.466 e. The van der Waals surface area contributed by atoms with Crippen LogP contribution in [0.5, 0.6) is 5.88 Å². The number of anilines is 2. The highest BCUT2D eigenvalue weighted by molar-refractivity contribution is 6.56. The van der Waals surface area contributed by atoms with Gasteiger partial charge in [0, 0.05) is 18.7 Å². The number of nitrogens with one attached hydrogen (secondary N) is 1. The maximum Gasteiger partial charge on any atom is 0.257 e. The molecule has 0 spiro atoms. The molecule has 3 aromatic heterocycles. The number of nitriles is 1. The van der Waals surface area contributed by atoms with Crippen LogP contribution >= 0.6 is 0 Å². The van der Waals surface area contributed by atoms with Crippen LogP contribution in [0.25, 0.3) is 11.0 Å². The summed E-state index contributed by atoms with van der Waals surface area (Å²) in [4.78, 5) is 9.11. The Bertz CT molecular complexity index is 1230. The van der Waals surface area contributed by atoms with Crippen molar-refractivity contribution in [3.63, 3.8) is 0 Å². The van der Waals surface area contributed by atoms with Crippen LogP contribution in [0.15, 0.2) is 18.5 Å². The first-order valence-corrected chi connectivity index (χ1v) is 11.1. The van der Waals surface area contributed by atoms with E-state index in [-0.39, 0.29) is 24.5 Å². The number of hydrogen-bond acceptors (Lipinski definition) is 9. The van der Waals surface area contributed by atoms with Gasteiger partial charge in [-0.1, -0.05) is 0 Å². The van der Waals surface area contributed by atoms with E-state index in [9.17, 15) is 10.4 Å². The summed E-state index contributed by atoms with van der Waals surface area (Å²) < 4.78 is 20.4. The molecule has 3 aromatic rings. The van der Waals surface area contributed by atoms with Crippen LogP contribution in [0.2, 0.25) is 0 Å². The van der Waals surface area contributed by atoms with Gasteiger partial charge in [-0.3, -0.25) is 4.68 Å². The third-order valence-corrected chi connectivity index (χ3v) is 5.76. The van der Waals surface area contributed by atoms with Crippen LogP contribution in [-0.4, -0.2) is 91.6 Å². The molecule has 0 bridgehead atoms. The van der Waals surface area contributed by atoms with Gasteiger partial charge in [-0.15, -0.1) is 5.10 Å². The Balaban J connectivity index is 1.71. The van der Waals surface area contributed by atoms with Crippen molar-refractivity contribution < 1.29 is 19.3 Å². The molecule has 1 saturated heterocycles. The van der Waals surface area contributed by atoms with Gasteiger partial charge in [0.25, 0.3) is 5.88 Å². The van der Waals surface area contributed by atoms with Crippen LogP contribution in [0.1, 0.15) is 25.6 Å². The van der Waals surface area contributed by atoms with E-state index in [0.717, 1.165) is 5.39 Å². The zero-order valence-electron chi connectivity index (χ0n) is 20.4. The van der Waals surface area contributed by atoms with Gasteiger partial charge in [0.2, 0.25) is 5.95 Å². The fraction of sp³-hybridized carbons (Fsp3) is 0.500. The predicted octanol–water partition coefficient (Wildman–Crippen LogP) is -1.55. The second kappa shape index (κ2) is 8.98. The molecule has 1 fully saturated rings. The Labute approximate surface area is 200 Å². The van der Waals surface area contributed by atoms with Crippen molar-refractivity contribution in [2.45, 2.75) is 36.8 Å². The molecule has 14 heteroatoms. The Morgan fingerprint density at radius 3 is 2.85 bits per heavy atom. The molecule has 1 aliphatic rings. The summed E-state index contributed by atoms with van der Waals surface area (Å²) in [5, 5.41) is 28.4. The highest BCUT2D eigenvalue weighted by Gasteiger charge is 2.41. The third-order valence-electron chi connectivity index (χ3n) is 5.76. The number of ether oxygens (including phenoxy) is 3. The van der Waals surface area contributed by atoms with E-state index in [2.05, 4.69) is 26.5 Å². The minimum atomic E-state index is -1.12. The van der Waals surface area contributed by atoms with Crippen molar-refractivity contribution in [2.24, 2.45) is 0 Å². The number of aromatic nitrogens is 5. The number of methoxy groups -OCH3 is 1. The summed E-state index contributed by atoms with van der Waals surface area (Å²) in [6.45, 7) is 4.54. The van der Waals surface area contributed by atoms with Gasteiger partial charge in [-0.25, -0.2) is 4.98 Å². The number of hydrogen-bond donors (Lipinski definition) is 2. The molecule has 4 heterocycles. The van der Waals surface area contributed by atoms with Crippen molar-refractivity contribution in [1.82, 2.24) is 24.3 Å². The maximum atomic E-state index is 10.6. The van der Waals surface area contributed by atoms with E-state index in [4.69, 9.17) is 14.2 Å². The summed E-state index contributed by atoms with van der Waals surface area (Å²) >= 11 is 0. The second-order valence-corrected chi connectivity index (χ2v) is 9.86. The molecule has 0 radical (unpaired) electrons. The zero-order valence-corrected chi connectivity index (χ0v) is 20.4. The summed E-state index contributed by atoms with van der Waals surface area (Å²) in [6, 6.07) is 3.89. The summed E-state index contributed by atoms with van der Waals surface area (Å²) in [5.74, 6) is 0.643. The Morgan fingerprint density at radius 2 is 2.24 bits per heavy atom. The lowest BCUT2D eigenvalue weighted by Crippen LogP contribution is -2.42. The third kappa shape index (κ3) is 4.64. The molecule has 4 rings (SSSR count). The molecule has 1 aliphatic heterocycles. The molecule has 11 nitrogen and oxygen atoms in total. The number of fused-ring (bicyclic) bond motifs is 1. The fourth-order valence-electron chi connectivity index (χ4n) is 3.85. The summed E-state index contributed by atoms with van der Waals surface area (Å²) in [7, 11) is 7.70. The highest BCUT2D eigenvalue weighted by atomic mass is 16.6. The molecule has 0 saturated carbocycles. The SMILES string of the molecule is BC(B)(B)n1cc(Nc2ncc3cc(C#N)n([C@@H](C)COC)c3n2)c(OC2COC[C@@]2(C)O)n1. The fourth-order valence-corrected chi connectivity index (χ4v) is 3.85. The standard InChI is InChI=1S/C20H28B3N7O4/c1-11(8-32-3)30-13(5-24)4-12-6-25-18(27-16(12)30)26-14-7-29(20(21,22)23)28-17(14)34-15-9-33-10-19(15,2)31/h4,6-7,11,15,31H,8-10,21-23H2,1-3H3,(H,25,26,27)/t11-,15?,19+/m0/s1. The molecule has 3 atom stereocenters. The van der Waals surface area contributed by atoms with Crippen molar-refractivity contribution >= 4 is 46.2 Å². The lowest BCUT2D eigenvalue weighted by Gasteiger charge is -2.23. The average molecular weight is 463 g/mol. The summed E-state index contributed by atoms with van der Waals surface area (Å²) in [5.41, 5.74) is 0.542. The number of aliphatic hydroxyl groups is 1. The predicted molar refractivity (Wildman–Crippen MR) is 134 cm³/mol. The molecule has 0 aromatic carbocycles. The van der Waals surface area contributed by atoms with Gasteiger partial charge in [0.05, 0.1) is 32.1 Å². The molecule has 0 aliphatic carbocycles. The molecule has 1 unspecified atom stereocenters. The maximum absolute atomic E-state index is 10.6. The van der Waals surface area contributed by atoms with Gasteiger partial charge >= 0.3 is 0 Å². The molecular formula is C20H28B3N7O4. The highest BCUT2D eigenvalue weighted by Crippen LogP contribution is 2.32. The summed E-state index contributed by atoms with van der Waals surface area (Å²) in [6.07, 6.45) is 2.93. The normalized spacial score (nSPS) is 21.4. The Morgan fingerprint density at radius 1 is 1.47 bits per heavy atom. The molecule has 0 amide bonds. The number of rotatable bonds is 8. The van der Waals surface area contributed by atoms with Crippen LogP contribution in [0.3, 0.4) is 0 Å². The topological polar surface area (TPSA) is 132 Å². The van der Waals surface area contributed by atoms with Crippen molar-refractivity contribution in [3.8, 4) is 11.9 Å². The molecule has 176 valence electrons. The van der Waals surface area contributed by atoms with Gasteiger partial charge in [-0.05, 0) is 25.2 Å². The first-order chi connectivity index (χ1) is 16.0. The second-order valence-electron chi connectivity index (χ2n) is 9.86. The van der Waals surface area contributed by atoms with E-state index in [1.807, 2.05) is 41.2 Å². The average Bonchev–Trinajstić information content (AvgIpc) is 3.43. The Hall–Kier alpha value is -3.01. The molecule has 34 heavy (non-hydrogen) atoms. The molecular weight excluding hydrogens is 435 g/mol.